The molecule has 0 bridgehead atoms. The molecule has 0 spiro atoms. The van der Waals surface area contributed by atoms with Gasteiger partial charge in [-0.1, -0.05) is 22.0 Å². The lowest BCUT2D eigenvalue weighted by molar-refractivity contribution is -0.114. The molecule has 0 saturated heterocycles. The Bertz CT molecular complexity index is 151. The Balaban J connectivity index is 2.73. The standard InChI is InChI=1S/C5H4Br2O/c6-3-1-4(7)5(8)2-3/h1,3H,2H2. The van der Waals surface area contributed by atoms with E-state index in [-0.39, 0.29) is 10.6 Å². The fourth-order valence-corrected chi connectivity index (χ4v) is 1.98. The fourth-order valence-electron chi connectivity index (χ4n) is 0.585. The van der Waals surface area contributed by atoms with Crippen LogP contribution in [0.25, 0.3) is 0 Å². The summed E-state index contributed by atoms with van der Waals surface area (Å²) in [7, 11) is 0. The van der Waals surface area contributed by atoms with Gasteiger partial charge in [-0.25, -0.2) is 0 Å². The number of hydrogen-bond donors (Lipinski definition) is 0. The number of carbonyl (C=O) groups is 1. The third kappa shape index (κ3) is 1.20. The summed E-state index contributed by atoms with van der Waals surface area (Å²) in [6, 6.07) is 0. The summed E-state index contributed by atoms with van der Waals surface area (Å²) >= 11 is 6.42. The molecule has 1 atom stereocenters. The van der Waals surface area contributed by atoms with E-state index in [1.54, 1.807) is 0 Å². The smallest absolute Gasteiger partial charge is 0.170 e. The van der Waals surface area contributed by atoms with Crippen molar-refractivity contribution in [3.05, 3.63) is 10.6 Å². The third-order valence-corrected chi connectivity index (χ3v) is 2.27. The zero-order chi connectivity index (χ0) is 6.15. The Labute approximate surface area is 64.4 Å². The largest absolute Gasteiger partial charge is 0.294 e. The monoisotopic (exact) mass is 238 g/mol. The van der Waals surface area contributed by atoms with Gasteiger partial charge in [0.05, 0.1) is 4.48 Å². The van der Waals surface area contributed by atoms with E-state index in [9.17, 15) is 4.79 Å². The number of alkyl halides is 1. The second-order valence-corrected chi connectivity index (χ2v) is 3.69. The Morgan fingerprint density at radius 1 is 1.75 bits per heavy atom. The molecule has 1 unspecified atom stereocenters. The maximum atomic E-state index is 10.6. The molecule has 1 nitrogen and oxygen atoms in total. The summed E-state index contributed by atoms with van der Waals surface area (Å²) in [5.74, 6) is 0.187. The minimum Gasteiger partial charge on any atom is -0.294 e. The van der Waals surface area contributed by atoms with Crippen molar-refractivity contribution in [1.82, 2.24) is 0 Å². The highest BCUT2D eigenvalue weighted by atomic mass is 79.9. The van der Waals surface area contributed by atoms with Gasteiger partial charge in [0, 0.05) is 11.2 Å². The molecule has 0 aromatic heterocycles. The first-order chi connectivity index (χ1) is 3.70. The molecule has 0 saturated carbocycles. The molecule has 0 aromatic carbocycles. The Hall–Kier alpha value is 0.370. The van der Waals surface area contributed by atoms with Crippen LogP contribution in [-0.2, 0) is 4.79 Å². The van der Waals surface area contributed by atoms with Crippen molar-refractivity contribution >= 4 is 37.6 Å². The molecule has 1 aliphatic rings. The second kappa shape index (κ2) is 2.31. The summed E-state index contributed by atoms with van der Waals surface area (Å²) in [4.78, 5) is 10.9. The average Bonchev–Trinajstić information content (AvgIpc) is 1.85. The van der Waals surface area contributed by atoms with E-state index in [0.717, 1.165) is 0 Å². The van der Waals surface area contributed by atoms with Gasteiger partial charge in [-0.3, -0.25) is 4.79 Å². The molecule has 44 valence electrons. The number of allylic oxidation sites excluding steroid dienone is 2. The number of carbonyl (C=O) groups excluding carboxylic acids is 1. The number of halogens is 2. The first-order valence-electron chi connectivity index (χ1n) is 2.25. The van der Waals surface area contributed by atoms with Gasteiger partial charge in [-0.05, 0) is 15.9 Å². The normalized spacial score (nSPS) is 28.5. The summed E-state index contributed by atoms with van der Waals surface area (Å²) in [5, 5.41) is 0. The minimum atomic E-state index is 0.187. The highest BCUT2D eigenvalue weighted by Crippen LogP contribution is 2.24. The third-order valence-electron chi connectivity index (χ3n) is 0.974. The zero-order valence-electron chi connectivity index (χ0n) is 4.03. The topological polar surface area (TPSA) is 17.1 Å². The molecular formula is C5H4Br2O. The van der Waals surface area contributed by atoms with Crippen LogP contribution >= 0.6 is 31.9 Å². The van der Waals surface area contributed by atoms with Gasteiger partial charge in [0.25, 0.3) is 0 Å². The van der Waals surface area contributed by atoms with Crippen LogP contribution in [0, 0.1) is 0 Å². The van der Waals surface area contributed by atoms with Crippen LogP contribution in [0.15, 0.2) is 10.6 Å². The van der Waals surface area contributed by atoms with E-state index in [4.69, 9.17) is 0 Å². The van der Waals surface area contributed by atoms with Crippen molar-refractivity contribution in [2.45, 2.75) is 11.2 Å². The minimum absolute atomic E-state index is 0.187. The zero-order valence-corrected chi connectivity index (χ0v) is 7.20. The number of ketones is 1. The molecule has 0 radical (unpaired) electrons. The van der Waals surface area contributed by atoms with Crippen molar-refractivity contribution < 1.29 is 4.79 Å². The van der Waals surface area contributed by atoms with Crippen LogP contribution in [0.3, 0.4) is 0 Å². The molecule has 3 heteroatoms. The van der Waals surface area contributed by atoms with Gasteiger partial charge in [-0.2, -0.15) is 0 Å². The predicted octanol–water partition coefficient (Wildman–Crippen LogP) is 2.00. The van der Waals surface area contributed by atoms with Gasteiger partial charge in [0.1, 0.15) is 0 Å². The maximum Gasteiger partial charge on any atom is 0.170 e. The molecule has 0 aliphatic heterocycles. The van der Waals surface area contributed by atoms with Crippen molar-refractivity contribution in [1.29, 1.82) is 0 Å². The molecule has 1 aliphatic carbocycles. The molecule has 0 amide bonds. The van der Waals surface area contributed by atoms with Gasteiger partial charge in [0.15, 0.2) is 5.78 Å². The van der Waals surface area contributed by atoms with E-state index < -0.39 is 0 Å². The summed E-state index contributed by atoms with van der Waals surface area (Å²) < 4.78 is 0.708. The molecule has 0 heterocycles. The Morgan fingerprint density at radius 2 is 2.38 bits per heavy atom. The SMILES string of the molecule is O=C1CC(Br)C=C1Br. The molecule has 8 heavy (non-hydrogen) atoms. The van der Waals surface area contributed by atoms with Gasteiger partial charge < -0.3 is 0 Å². The lowest BCUT2D eigenvalue weighted by Crippen LogP contribution is -1.92. The molecule has 0 fully saturated rings. The van der Waals surface area contributed by atoms with E-state index >= 15 is 0 Å². The quantitative estimate of drug-likeness (QED) is 0.591. The highest BCUT2D eigenvalue weighted by molar-refractivity contribution is 9.12. The van der Waals surface area contributed by atoms with Crippen LogP contribution in [0.1, 0.15) is 6.42 Å². The van der Waals surface area contributed by atoms with E-state index in [2.05, 4.69) is 31.9 Å². The molecule has 1 rings (SSSR count). The van der Waals surface area contributed by atoms with Crippen molar-refractivity contribution in [2.24, 2.45) is 0 Å². The Morgan fingerprint density at radius 3 is 2.50 bits per heavy atom. The lowest BCUT2D eigenvalue weighted by Gasteiger charge is -1.86. The number of hydrogen-bond acceptors (Lipinski definition) is 1. The molecule has 0 aromatic rings. The molecular weight excluding hydrogens is 236 g/mol. The fraction of sp³-hybridized carbons (Fsp3) is 0.400. The number of rotatable bonds is 0. The number of Topliss-reactive ketones (excluding diaryl/α,β-unsaturated/α-hetero) is 1. The lowest BCUT2D eigenvalue weighted by atomic mass is 10.3. The first-order valence-corrected chi connectivity index (χ1v) is 3.95. The van der Waals surface area contributed by atoms with Crippen LogP contribution in [0.5, 0.6) is 0 Å². The van der Waals surface area contributed by atoms with E-state index in [0.29, 0.717) is 10.9 Å². The Kier molecular flexibility index (Phi) is 1.88. The van der Waals surface area contributed by atoms with Gasteiger partial charge in [-0.15, -0.1) is 0 Å². The van der Waals surface area contributed by atoms with Crippen LogP contribution in [0.4, 0.5) is 0 Å². The summed E-state index contributed by atoms with van der Waals surface area (Å²) in [6.45, 7) is 0. The van der Waals surface area contributed by atoms with Crippen molar-refractivity contribution in [3.63, 3.8) is 0 Å². The van der Waals surface area contributed by atoms with E-state index in [1.165, 1.54) is 0 Å². The average molecular weight is 240 g/mol. The molecule has 0 N–H and O–H groups in total. The summed E-state index contributed by atoms with van der Waals surface area (Å²) in [6.07, 6.45) is 2.46. The summed E-state index contributed by atoms with van der Waals surface area (Å²) in [5.41, 5.74) is 0. The second-order valence-electron chi connectivity index (χ2n) is 1.66. The van der Waals surface area contributed by atoms with Crippen LogP contribution in [-0.4, -0.2) is 10.6 Å². The highest BCUT2D eigenvalue weighted by Gasteiger charge is 2.18. The van der Waals surface area contributed by atoms with E-state index in [1.807, 2.05) is 6.08 Å². The first kappa shape index (κ1) is 6.49. The van der Waals surface area contributed by atoms with Crippen molar-refractivity contribution in [2.75, 3.05) is 0 Å². The van der Waals surface area contributed by atoms with Crippen LogP contribution < -0.4 is 0 Å². The predicted molar refractivity (Wildman–Crippen MR) is 39.3 cm³/mol. The van der Waals surface area contributed by atoms with Gasteiger partial charge >= 0.3 is 0 Å². The van der Waals surface area contributed by atoms with Crippen LogP contribution in [0.2, 0.25) is 0 Å². The van der Waals surface area contributed by atoms with Gasteiger partial charge in [0.2, 0.25) is 0 Å². The van der Waals surface area contributed by atoms with Crippen molar-refractivity contribution in [3.8, 4) is 0 Å². The maximum absolute atomic E-state index is 10.6.